The molecule has 3 nitrogen and oxygen atoms in total. The van der Waals surface area contributed by atoms with Crippen LogP contribution in [0.5, 0.6) is 0 Å². The fraction of sp³-hybridized carbons (Fsp3) is 0.750. The largest absolute Gasteiger partial charge is 0.340 e. The highest BCUT2D eigenvalue weighted by molar-refractivity contribution is 7.80. The van der Waals surface area contributed by atoms with Crippen molar-refractivity contribution in [3.63, 3.8) is 0 Å². The molecule has 1 rings (SSSR count). The second kappa shape index (κ2) is 3.85. The Hall–Kier alpha value is -0.640. The predicted molar refractivity (Wildman–Crippen MR) is 51.8 cm³/mol. The summed E-state index contributed by atoms with van der Waals surface area (Å²) >= 11 is 5.13. The maximum absolute atomic E-state index is 11.3. The molecule has 0 spiro atoms. The van der Waals surface area contributed by atoms with Gasteiger partial charge in [-0.15, -0.1) is 0 Å². The SMILES string of the molecule is CCCN1C(=O)CN(CC)C1=S. The van der Waals surface area contributed by atoms with Crippen LogP contribution in [-0.2, 0) is 4.79 Å². The molecule has 0 aromatic carbocycles. The van der Waals surface area contributed by atoms with Gasteiger partial charge in [0.05, 0.1) is 6.54 Å². The van der Waals surface area contributed by atoms with E-state index >= 15 is 0 Å². The van der Waals surface area contributed by atoms with Gasteiger partial charge in [0.25, 0.3) is 0 Å². The van der Waals surface area contributed by atoms with E-state index in [4.69, 9.17) is 12.2 Å². The molecular formula is C8H14N2OS. The zero-order valence-corrected chi connectivity index (χ0v) is 8.36. The molecule has 1 amide bonds. The lowest BCUT2D eigenvalue weighted by molar-refractivity contribution is -0.125. The number of amides is 1. The smallest absolute Gasteiger partial charge is 0.248 e. The number of carbonyl (C=O) groups is 1. The van der Waals surface area contributed by atoms with Crippen molar-refractivity contribution >= 4 is 23.2 Å². The highest BCUT2D eigenvalue weighted by Crippen LogP contribution is 2.10. The summed E-state index contributed by atoms with van der Waals surface area (Å²) in [6.07, 6.45) is 0.962. The molecule has 1 fully saturated rings. The van der Waals surface area contributed by atoms with Crippen LogP contribution in [0.1, 0.15) is 20.3 Å². The van der Waals surface area contributed by atoms with E-state index in [0.29, 0.717) is 11.7 Å². The van der Waals surface area contributed by atoms with Crippen LogP contribution in [0, 0.1) is 0 Å². The average molecular weight is 186 g/mol. The summed E-state index contributed by atoms with van der Waals surface area (Å²) in [6, 6.07) is 0. The van der Waals surface area contributed by atoms with Gasteiger partial charge in [-0.1, -0.05) is 6.92 Å². The number of likely N-dealkylation sites (N-methyl/N-ethyl adjacent to an activating group) is 1. The molecule has 0 radical (unpaired) electrons. The van der Waals surface area contributed by atoms with Crippen molar-refractivity contribution in [1.29, 1.82) is 0 Å². The third-order valence-electron chi connectivity index (χ3n) is 1.96. The predicted octanol–water partition coefficient (Wildman–Crippen LogP) is 0.845. The highest BCUT2D eigenvalue weighted by Gasteiger charge is 2.30. The Balaban J connectivity index is 2.64. The van der Waals surface area contributed by atoms with Gasteiger partial charge in [0.1, 0.15) is 0 Å². The topological polar surface area (TPSA) is 23.6 Å². The van der Waals surface area contributed by atoms with Gasteiger partial charge >= 0.3 is 0 Å². The van der Waals surface area contributed by atoms with Crippen LogP contribution in [0.4, 0.5) is 0 Å². The molecule has 1 heterocycles. The van der Waals surface area contributed by atoms with Crippen molar-refractivity contribution in [2.45, 2.75) is 20.3 Å². The maximum atomic E-state index is 11.3. The third-order valence-corrected chi connectivity index (χ3v) is 2.44. The lowest BCUT2D eigenvalue weighted by Gasteiger charge is -2.17. The van der Waals surface area contributed by atoms with Crippen molar-refractivity contribution in [1.82, 2.24) is 9.80 Å². The fourth-order valence-electron chi connectivity index (χ4n) is 1.28. The van der Waals surface area contributed by atoms with E-state index in [1.54, 1.807) is 4.90 Å². The van der Waals surface area contributed by atoms with Gasteiger partial charge in [-0.2, -0.15) is 0 Å². The minimum atomic E-state index is 0.142. The van der Waals surface area contributed by atoms with E-state index in [9.17, 15) is 4.79 Å². The van der Waals surface area contributed by atoms with Crippen LogP contribution < -0.4 is 0 Å². The molecule has 12 heavy (non-hydrogen) atoms. The van der Waals surface area contributed by atoms with Crippen molar-refractivity contribution in [2.75, 3.05) is 19.6 Å². The van der Waals surface area contributed by atoms with Crippen LogP contribution >= 0.6 is 12.2 Å². The Morgan fingerprint density at radius 1 is 1.50 bits per heavy atom. The fourth-order valence-corrected chi connectivity index (χ4v) is 1.67. The van der Waals surface area contributed by atoms with Crippen LogP contribution in [-0.4, -0.2) is 40.5 Å². The molecule has 0 aromatic heterocycles. The van der Waals surface area contributed by atoms with Gasteiger partial charge in [0.15, 0.2) is 5.11 Å². The molecule has 0 unspecified atom stereocenters. The summed E-state index contributed by atoms with van der Waals surface area (Å²) in [5, 5.41) is 0.698. The van der Waals surface area contributed by atoms with Gasteiger partial charge in [0, 0.05) is 13.1 Å². The molecule has 0 N–H and O–H groups in total. The minimum Gasteiger partial charge on any atom is -0.340 e. The number of thiocarbonyl (C=S) groups is 1. The number of carbonyl (C=O) groups excluding carboxylic acids is 1. The van der Waals surface area contributed by atoms with Crippen molar-refractivity contribution in [3.05, 3.63) is 0 Å². The summed E-state index contributed by atoms with van der Waals surface area (Å²) < 4.78 is 0. The van der Waals surface area contributed by atoms with Gasteiger partial charge in [-0.25, -0.2) is 0 Å². The zero-order valence-electron chi connectivity index (χ0n) is 7.54. The maximum Gasteiger partial charge on any atom is 0.248 e. The molecule has 68 valence electrons. The monoisotopic (exact) mass is 186 g/mol. The lowest BCUT2D eigenvalue weighted by Crippen LogP contribution is -2.33. The first-order chi connectivity index (χ1) is 5.70. The molecular weight excluding hydrogens is 172 g/mol. The number of hydrogen-bond acceptors (Lipinski definition) is 2. The van der Waals surface area contributed by atoms with E-state index in [1.807, 2.05) is 18.7 Å². The molecule has 0 atom stereocenters. The van der Waals surface area contributed by atoms with Gasteiger partial charge in [-0.05, 0) is 25.6 Å². The van der Waals surface area contributed by atoms with E-state index in [1.165, 1.54) is 0 Å². The quantitative estimate of drug-likeness (QED) is 0.610. The highest BCUT2D eigenvalue weighted by atomic mass is 32.1. The zero-order chi connectivity index (χ0) is 9.14. The first-order valence-electron chi connectivity index (χ1n) is 4.30. The van der Waals surface area contributed by atoms with Gasteiger partial charge < -0.3 is 4.90 Å². The first-order valence-corrected chi connectivity index (χ1v) is 4.70. The van der Waals surface area contributed by atoms with Crippen LogP contribution in [0.15, 0.2) is 0 Å². The molecule has 0 saturated carbocycles. The molecule has 4 heteroatoms. The minimum absolute atomic E-state index is 0.142. The van der Waals surface area contributed by atoms with Gasteiger partial charge in [0.2, 0.25) is 5.91 Å². The van der Waals surface area contributed by atoms with Crippen LogP contribution in [0.3, 0.4) is 0 Å². The van der Waals surface area contributed by atoms with Crippen molar-refractivity contribution in [2.24, 2.45) is 0 Å². The summed E-state index contributed by atoms with van der Waals surface area (Å²) in [7, 11) is 0. The second-order valence-electron chi connectivity index (χ2n) is 2.84. The van der Waals surface area contributed by atoms with E-state index < -0.39 is 0 Å². The summed E-state index contributed by atoms with van der Waals surface area (Å²) in [5.41, 5.74) is 0. The van der Waals surface area contributed by atoms with E-state index in [0.717, 1.165) is 19.5 Å². The summed E-state index contributed by atoms with van der Waals surface area (Å²) in [5.74, 6) is 0.142. The Kier molecular flexibility index (Phi) is 3.03. The standard InChI is InChI=1S/C8H14N2OS/c1-3-5-10-7(11)6-9(4-2)8(10)12/h3-6H2,1-2H3. The van der Waals surface area contributed by atoms with Crippen molar-refractivity contribution < 1.29 is 4.79 Å². The lowest BCUT2D eigenvalue weighted by atomic mass is 10.4. The molecule has 0 bridgehead atoms. The molecule has 0 aromatic rings. The van der Waals surface area contributed by atoms with Gasteiger partial charge in [-0.3, -0.25) is 9.69 Å². The third kappa shape index (κ3) is 1.58. The normalized spacial score (nSPS) is 17.8. The number of hydrogen-bond donors (Lipinski definition) is 0. The summed E-state index contributed by atoms with van der Waals surface area (Å²) in [6.45, 7) is 6.10. The Bertz CT molecular complexity index is 205. The Labute approximate surface area is 78.3 Å². The van der Waals surface area contributed by atoms with Crippen LogP contribution in [0.25, 0.3) is 0 Å². The second-order valence-corrected chi connectivity index (χ2v) is 3.21. The van der Waals surface area contributed by atoms with E-state index in [-0.39, 0.29) is 5.91 Å². The molecule has 1 aliphatic heterocycles. The molecule has 0 aliphatic carbocycles. The number of nitrogens with zero attached hydrogens (tertiary/aromatic N) is 2. The van der Waals surface area contributed by atoms with Crippen molar-refractivity contribution in [3.8, 4) is 0 Å². The first kappa shape index (κ1) is 9.45. The number of rotatable bonds is 3. The average Bonchev–Trinajstić information content (AvgIpc) is 2.32. The molecule has 1 saturated heterocycles. The van der Waals surface area contributed by atoms with Crippen LogP contribution in [0.2, 0.25) is 0 Å². The Morgan fingerprint density at radius 3 is 2.58 bits per heavy atom. The Morgan fingerprint density at radius 2 is 2.17 bits per heavy atom. The van der Waals surface area contributed by atoms with E-state index in [2.05, 4.69) is 0 Å². The molecule has 1 aliphatic rings. The summed E-state index contributed by atoms with van der Waals surface area (Å²) in [4.78, 5) is 15.0.